The first-order valence-electron chi connectivity index (χ1n) is 10.2. The Morgan fingerprint density at radius 3 is 2.49 bits per heavy atom. The molecule has 0 saturated heterocycles. The van der Waals surface area contributed by atoms with E-state index in [2.05, 4.69) is 42.6 Å². The molecule has 4 rings (SSSR count). The third kappa shape index (κ3) is 5.79. The van der Waals surface area contributed by atoms with Crippen LogP contribution in [-0.2, 0) is 18.0 Å². The second kappa shape index (κ2) is 9.63. The van der Waals surface area contributed by atoms with E-state index in [0.717, 1.165) is 18.3 Å². The normalized spacial score (nSPS) is 11.1. The summed E-state index contributed by atoms with van der Waals surface area (Å²) in [5, 5.41) is 12.9. The fraction of sp³-hybridized carbons (Fsp3) is 0.0870. The molecule has 178 valence electrons. The number of carbonyl (C=O) groups excluding carboxylic acids is 1. The van der Waals surface area contributed by atoms with Crippen molar-refractivity contribution in [2.24, 2.45) is 7.05 Å². The summed E-state index contributed by atoms with van der Waals surface area (Å²) in [5.41, 5.74) is 1.53. The summed E-state index contributed by atoms with van der Waals surface area (Å²) in [6.07, 6.45) is 2.51. The van der Waals surface area contributed by atoms with Crippen LogP contribution in [0.1, 0.15) is 5.69 Å². The summed E-state index contributed by atoms with van der Waals surface area (Å²) in [6.45, 7) is 3.43. The molecule has 1 amide bonds. The number of rotatable bonds is 7. The number of nitrogens with one attached hydrogen (secondary N) is 3. The van der Waals surface area contributed by atoms with Crippen LogP contribution in [0.15, 0.2) is 73.8 Å². The van der Waals surface area contributed by atoms with Gasteiger partial charge in [0, 0.05) is 48.1 Å². The lowest BCUT2D eigenvalue weighted by Gasteiger charge is -2.14. The molecule has 0 fully saturated rings. The van der Waals surface area contributed by atoms with Crippen molar-refractivity contribution < 1.29 is 18.0 Å². The molecule has 3 aromatic heterocycles. The number of alkyl halides is 3. The van der Waals surface area contributed by atoms with Gasteiger partial charge in [0.05, 0.1) is 11.9 Å². The van der Waals surface area contributed by atoms with Gasteiger partial charge in [0.25, 0.3) is 0 Å². The molecule has 0 aliphatic carbocycles. The fourth-order valence-electron chi connectivity index (χ4n) is 3.09. The molecule has 0 radical (unpaired) electrons. The maximum Gasteiger partial charge on any atom is 0.433 e. The molecule has 0 unspecified atom stereocenters. The number of aryl methyl sites for hydroxylation is 1. The lowest BCUT2D eigenvalue weighted by atomic mass is 10.1. The highest BCUT2D eigenvalue weighted by Gasteiger charge is 2.32. The van der Waals surface area contributed by atoms with Crippen LogP contribution in [0, 0.1) is 0 Å². The fourth-order valence-corrected chi connectivity index (χ4v) is 3.09. The lowest BCUT2D eigenvalue weighted by Crippen LogP contribution is -2.08. The van der Waals surface area contributed by atoms with Crippen LogP contribution in [-0.4, -0.2) is 30.6 Å². The minimum absolute atomic E-state index is 0.236. The molecular formula is C23H19F3N8O. The van der Waals surface area contributed by atoms with E-state index in [1.807, 2.05) is 0 Å². The zero-order valence-electron chi connectivity index (χ0n) is 18.3. The molecule has 12 heteroatoms. The number of carbonyl (C=O) groups is 1. The van der Waals surface area contributed by atoms with Crippen LogP contribution < -0.4 is 16.0 Å². The van der Waals surface area contributed by atoms with Gasteiger partial charge >= 0.3 is 6.18 Å². The molecule has 0 spiro atoms. The van der Waals surface area contributed by atoms with Crippen LogP contribution in [0.4, 0.5) is 42.0 Å². The lowest BCUT2D eigenvalue weighted by molar-refractivity contribution is -0.141. The maximum atomic E-state index is 13.0. The molecule has 0 atom stereocenters. The number of benzene rings is 1. The molecule has 9 nitrogen and oxygen atoms in total. The minimum atomic E-state index is -4.55. The van der Waals surface area contributed by atoms with Crippen molar-refractivity contribution in [3.8, 4) is 11.1 Å². The minimum Gasteiger partial charge on any atom is -0.339 e. The Bertz CT molecular complexity index is 1370. The van der Waals surface area contributed by atoms with Crippen molar-refractivity contribution in [3.05, 3.63) is 79.5 Å². The van der Waals surface area contributed by atoms with E-state index in [1.54, 1.807) is 48.4 Å². The molecular weight excluding hydrogens is 461 g/mol. The van der Waals surface area contributed by atoms with E-state index in [9.17, 15) is 18.0 Å². The van der Waals surface area contributed by atoms with Crippen molar-refractivity contribution in [1.29, 1.82) is 0 Å². The van der Waals surface area contributed by atoms with Gasteiger partial charge in [-0.1, -0.05) is 18.7 Å². The molecule has 0 aliphatic rings. The smallest absolute Gasteiger partial charge is 0.339 e. The Morgan fingerprint density at radius 1 is 1.03 bits per heavy atom. The summed E-state index contributed by atoms with van der Waals surface area (Å²) in [4.78, 5) is 24.0. The predicted octanol–water partition coefficient (Wildman–Crippen LogP) is 4.90. The quantitative estimate of drug-likeness (QED) is 0.323. The number of halogens is 3. The highest BCUT2D eigenvalue weighted by molar-refractivity contribution is 5.99. The second-order valence-corrected chi connectivity index (χ2v) is 7.31. The van der Waals surface area contributed by atoms with E-state index in [0.29, 0.717) is 34.0 Å². The number of aromatic nitrogens is 5. The van der Waals surface area contributed by atoms with Gasteiger partial charge in [-0.05, 0) is 30.3 Å². The first kappa shape index (κ1) is 23.4. The zero-order valence-corrected chi connectivity index (χ0v) is 18.3. The highest BCUT2D eigenvalue weighted by atomic mass is 19.4. The Kier molecular flexibility index (Phi) is 6.44. The standard InChI is InChI=1S/C23H19F3N8O/c1-3-20(35)30-15-5-4-6-16(9-15)31-21-18(14-7-8-19(27-10-14)23(24,25)26)12-28-22(33-21)32-17-11-29-34(2)13-17/h3-13H,1H2,2H3,(H,30,35)(H2,28,31,32,33). The van der Waals surface area contributed by atoms with Crippen molar-refractivity contribution in [2.45, 2.75) is 6.18 Å². The van der Waals surface area contributed by atoms with Crippen LogP contribution in [0.5, 0.6) is 0 Å². The molecule has 0 bridgehead atoms. The van der Waals surface area contributed by atoms with E-state index in [1.165, 1.54) is 12.3 Å². The van der Waals surface area contributed by atoms with Crippen LogP contribution in [0.25, 0.3) is 11.1 Å². The monoisotopic (exact) mass is 480 g/mol. The molecule has 1 aromatic carbocycles. The van der Waals surface area contributed by atoms with Crippen molar-refractivity contribution in [1.82, 2.24) is 24.7 Å². The Hall–Kier alpha value is -4.74. The highest BCUT2D eigenvalue weighted by Crippen LogP contribution is 2.33. The number of amides is 1. The third-order valence-electron chi connectivity index (χ3n) is 4.69. The van der Waals surface area contributed by atoms with Gasteiger partial charge in [-0.3, -0.25) is 14.5 Å². The van der Waals surface area contributed by atoms with Crippen LogP contribution >= 0.6 is 0 Å². The molecule has 4 aromatic rings. The van der Waals surface area contributed by atoms with E-state index in [-0.39, 0.29) is 11.9 Å². The molecule has 0 saturated carbocycles. The van der Waals surface area contributed by atoms with Gasteiger partial charge < -0.3 is 16.0 Å². The van der Waals surface area contributed by atoms with Gasteiger partial charge in [0.15, 0.2) is 0 Å². The Labute approximate surface area is 197 Å². The van der Waals surface area contributed by atoms with E-state index in [4.69, 9.17) is 0 Å². The molecule has 3 heterocycles. The topological polar surface area (TPSA) is 110 Å². The number of anilines is 5. The number of hydrogen-bond donors (Lipinski definition) is 3. The average Bonchev–Trinajstić information content (AvgIpc) is 3.23. The zero-order chi connectivity index (χ0) is 25.0. The summed E-state index contributed by atoms with van der Waals surface area (Å²) < 4.78 is 40.5. The summed E-state index contributed by atoms with van der Waals surface area (Å²) in [5.74, 6) is 0.170. The summed E-state index contributed by atoms with van der Waals surface area (Å²) >= 11 is 0. The Balaban J connectivity index is 1.70. The van der Waals surface area contributed by atoms with Crippen LogP contribution in [0.3, 0.4) is 0 Å². The van der Waals surface area contributed by atoms with E-state index < -0.39 is 11.9 Å². The Morgan fingerprint density at radius 2 is 1.83 bits per heavy atom. The number of hydrogen-bond acceptors (Lipinski definition) is 7. The molecule has 0 aliphatic heterocycles. The SMILES string of the molecule is C=CC(=O)Nc1cccc(Nc2nc(Nc3cnn(C)c3)ncc2-c2ccc(C(F)(F)F)nc2)c1. The van der Waals surface area contributed by atoms with Crippen molar-refractivity contribution >= 4 is 34.7 Å². The summed E-state index contributed by atoms with van der Waals surface area (Å²) in [7, 11) is 1.76. The molecule has 35 heavy (non-hydrogen) atoms. The summed E-state index contributed by atoms with van der Waals surface area (Å²) in [6, 6.07) is 9.03. The largest absolute Gasteiger partial charge is 0.433 e. The predicted molar refractivity (Wildman–Crippen MR) is 125 cm³/mol. The first-order valence-corrected chi connectivity index (χ1v) is 10.2. The average molecular weight is 480 g/mol. The third-order valence-corrected chi connectivity index (χ3v) is 4.69. The number of nitrogens with zero attached hydrogens (tertiary/aromatic N) is 5. The van der Waals surface area contributed by atoms with E-state index >= 15 is 0 Å². The van der Waals surface area contributed by atoms with Crippen molar-refractivity contribution in [3.63, 3.8) is 0 Å². The van der Waals surface area contributed by atoms with Gasteiger partial charge in [0.2, 0.25) is 11.9 Å². The van der Waals surface area contributed by atoms with Crippen LogP contribution in [0.2, 0.25) is 0 Å². The van der Waals surface area contributed by atoms with Gasteiger partial charge in [-0.25, -0.2) is 4.98 Å². The van der Waals surface area contributed by atoms with Gasteiger partial charge in [-0.2, -0.15) is 23.3 Å². The van der Waals surface area contributed by atoms with Gasteiger partial charge in [0.1, 0.15) is 11.5 Å². The maximum absolute atomic E-state index is 13.0. The number of pyridine rings is 1. The molecule has 3 N–H and O–H groups in total. The first-order chi connectivity index (χ1) is 16.7. The van der Waals surface area contributed by atoms with Gasteiger partial charge in [-0.15, -0.1) is 0 Å². The second-order valence-electron chi connectivity index (χ2n) is 7.31. The van der Waals surface area contributed by atoms with Crippen molar-refractivity contribution in [2.75, 3.05) is 16.0 Å².